The van der Waals surface area contributed by atoms with Crippen molar-refractivity contribution in [3.8, 4) is 0 Å². The molecule has 0 radical (unpaired) electrons. The Kier molecular flexibility index (Phi) is 4.19. The van der Waals surface area contributed by atoms with Crippen LogP contribution in [-0.4, -0.2) is 32.8 Å². The molecule has 1 aromatic carbocycles. The van der Waals surface area contributed by atoms with Gasteiger partial charge in [0.05, 0.1) is 18.2 Å². The van der Waals surface area contributed by atoms with E-state index in [-0.39, 0.29) is 18.8 Å². The van der Waals surface area contributed by atoms with Crippen molar-refractivity contribution < 1.29 is 9.94 Å². The first-order valence-corrected chi connectivity index (χ1v) is 7.07. The van der Waals surface area contributed by atoms with Crippen LogP contribution in [-0.2, 0) is 11.4 Å². The number of H-pyrrole nitrogens is 2. The predicted octanol–water partition coefficient (Wildman–Crippen LogP) is 0.303. The molecule has 0 saturated carbocycles. The van der Waals surface area contributed by atoms with E-state index in [4.69, 9.17) is 4.84 Å². The lowest BCUT2D eigenvalue weighted by Crippen LogP contribution is -2.31. The summed E-state index contributed by atoms with van der Waals surface area (Å²) in [5, 5.41) is 11.0. The molecule has 3 N–H and O–H groups in total. The summed E-state index contributed by atoms with van der Waals surface area (Å²) < 4.78 is 0. The molecule has 2 aromatic rings. The Balaban J connectivity index is 1.89. The van der Waals surface area contributed by atoms with Gasteiger partial charge >= 0.3 is 5.69 Å². The predicted molar refractivity (Wildman–Crippen MR) is 79.0 cm³/mol. The Morgan fingerprint density at radius 3 is 2.73 bits per heavy atom. The fourth-order valence-electron chi connectivity index (χ4n) is 2.64. The average molecular weight is 303 g/mol. The van der Waals surface area contributed by atoms with Gasteiger partial charge in [-0.25, -0.2) is 4.79 Å². The second kappa shape index (κ2) is 6.27. The Morgan fingerprint density at radius 1 is 1.27 bits per heavy atom. The van der Waals surface area contributed by atoms with Crippen molar-refractivity contribution >= 4 is 0 Å². The molecular formula is C15H17N3O4. The lowest BCUT2D eigenvalue weighted by atomic mass is 10.0. The molecule has 2 atom stereocenters. The summed E-state index contributed by atoms with van der Waals surface area (Å²) in [6, 6.07) is 9.38. The van der Waals surface area contributed by atoms with Crippen molar-refractivity contribution in [1.82, 2.24) is 15.0 Å². The largest absolute Gasteiger partial charge is 0.394 e. The van der Waals surface area contributed by atoms with Gasteiger partial charge in [-0.3, -0.25) is 14.6 Å². The Bertz CT molecular complexity index is 740. The zero-order chi connectivity index (χ0) is 15.5. The molecule has 0 spiro atoms. The molecule has 0 unspecified atom stereocenters. The minimum absolute atomic E-state index is 0.122. The molecule has 0 aliphatic carbocycles. The van der Waals surface area contributed by atoms with E-state index in [1.165, 1.54) is 6.20 Å². The SMILES string of the molecule is O=c1[nH]cc([C@H]2C[C@@H](CO)ON2Cc2ccccc2)c(=O)[nH]1. The van der Waals surface area contributed by atoms with E-state index in [1.54, 1.807) is 5.06 Å². The number of hydrogen-bond acceptors (Lipinski definition) is 5. The van der Waals surface area contributed by atoms with E-state index in [0.717, 1.165) is 5.56 Å². The van der Waals surface area contributed by atoms with Crippen LogP contribution in [0.15, 0.2) is 46.1 Å². The van der Waals surface area contributed by atoms with Crippen molar-refractivity contribution in [1.29, 1.82) is 0 Å². The van der Waals surface area contributed by atoms with Crippen LogP contribution in [0.2, 0.25) is 0 Å². The maximum atomic E-state index is 12.0. The standard InChI is InChI=1S/C15H17N3O4/c19-9-11-6-13(12-7-16-15(21)17-14(12)20)18(22-11)8-10-4-2-1-3-5-10/h1-5,7,11,13,19H,6,8-9H2,(H2,16,17,20,21)/t11-,13+/m0/s1. The van der Waals surface area contributed by atoms with Gasteiger partial charge in [0.25, 0.3) is 5.56 Å². The molecule has 7 nitrogen and oxygen atoms in total. The third kappa shape index (κ3) is 3.01. The quantitative estimate of drug-likeness (QED) is 0.755. The molecule has 1 aliphatic heterocycles. The molecule has 1 aromatic heterocycles. The summed E-state index contributed by atoms with van der Waals surface area (Å²) in [4.78, 5) is 33.6. The number of hydroxylamine groups is 2. The third-order valence-corrected chi connectivity index (χ3v) is 3.71. The Labute approximate surface area is 126 Å². The van der Waals surface area contributed by atoms with E-state index in [1.807, 2.05) is 30.3 Å². The summed E-state index contributed by atoms with van der Waals surface area (Å²) in [5.41, 5.74) is 0.480. The summed E-state index contributed by atoms with van der Waals surface area (Å²) in [7, 11) is 0. The summed E-state index contributed by atoms with van der Waals surface area (Å²) in [6.45, 7) is 0.365. The fraction of sp³-hybridized carbons (Fsp3) is 0.333. The van der Waals surface area contributed by atoms with Crippen molar-refractivity contribution in [2.24, 2.45) is 0 Å². The second-order valence-electron chi connectivity index (χ2n) is 5.25. The maximum absolute atomic E-state index is 12.0. The molecular weight excluding hydrogens is 286 g/mol. The van der Waals surface area contributed by atoms with Crippen molar-refractivity contribution in [2.45, 2.75) is 25.1 Å². The highest BCUT2D eigenvalue weighted by Crippen LogP contribution is 2.33. The molecule has 1 aliphatic rings. The van der Waals surface area contributed by atoms with Crippen LogP contribution in [0, 0.1) is 0 Å². The molecule has 116 valence electrons. The maximum Gasteiger partial charge on any atom is 0.325 e. The number of nitrogens with one attached hydrogen (secondary N) is 2. The number of nitrogens with zero attached hydrogens (tertiary/aromatic N) is 1. The van der Waals surface area contributed by atoms with E-state index < -0.39 is 11.2 Å². The lowest BCUT2D eigenvalue weighted by Gasteiger charge is -2.22. The first-order chi connectivity index (χ1) is 10.7. The monoisotopic (exact) mass is 303 g/mol. The summed E-state index contributed by atoms with van der Waals surface area (Å²) >= 11 is 0. The summed E-state index contributed by atoms with van der Waals surface area (Å²) in [5.74, 6) is 0. The van der Waals surface area contributed by atoms with Gasteiger partial charge in [0, 0.05) is 19.2 Å². The molecule has 1 fully saturated rings. The molecule has 0 amide bonds. The fourth-order valence-corrected chi connectivity index (χ4v) is 2.64. The van der Waals surface area contributed by atoms with Crippen LogP contribution in [0.3, 0.4) is 0 Å². The molecule has 1 saturated heterocycles. The minimum Gasteiger partial charge on any atom is -0.394 e. The highest BCUT2D eigenvalue weighted by molar-refractivity contribution is 5.16. The van der Waals surface area contributed by atoms with Crippen LogP contribution < -0.4 is 11.2 Å². The highest BCUT2D eigenvalue weighted by atomic mass is 16.7. The van der Waals surface area contributed by atoms with Crippen LogP contribution in [0.5, 0.6) is 0 Å². The number of aliphatic hydroxyl groups is 1. The zero-order valence-electron chi connectivity index (χ0n) is 11.9. The van der Waals surface area contributed by atoms with Gasteiger partial charge in [-0.15, -0.1) is 0 Å². The molecule has 3 rings (SSSR count). The van der Waals surface area contributed by atoms with Crippen LogP contribution in [0.4, 0.5) is 0 Å². The smallest absolute Gasteiger partial charge is 0.325 e. The Morgan fingerprint density at radius 2 is 2.05 bits per heavy atom. The van der Waals surface area contributed by atoms with Gasteiger partial charge in [0.15, 0.2) is 0 Å². The number of rotatable bonds is 4. The number of aromatic amines is 2. The van der Waals surface area contributed by atoms with Gasteiger partial charge in [0.1, 0.15) is 6.10 Å². The van der Waals surface area contributed by atoms with Crippen LogP contribution in [0.1, 0.15) is 23.6 Å². The number of aromatic nitrogens is 2. The van der Waals surface area contributed by atoms with Gasteiger partial charge in [0.2, 0.25) is 0 Å². The summed E-state index contributed by atoms with van der Waals surface area (Å²) in [6.07, 6.45) is 1.53. The molecule has 2 heterocycles. The topological polar surface area (TPSA) is 98.4 Å². The highest BCUT2D eigenvalue weighted by Gasteiger charge is 2.35. The van der Waals surface area contributed by atoms with E-state index in [0.29, 0.717) is 18.5 Å². The van der Waals surface area contributed by atoms with Crippen molar-refractivity contribution in [3.05, 3.63) is 68.5 Å². The minimum atomic E-state index is -0.541. The lowest BCUT2D eigenvalue weighted by molar-refractivity contribution is -0.178. The molecule has 22 heavy (non-hydrogen) atoms. The zero-order valence-corrected chi connectivity index (χ0v) is 11.9. The number of hydrogen-bond donors (Lipinski definition) is 3. The van der Waals surface area contributed by atoms with Gasteiger partial charge in [-0.2, -0.15) is 5.06 Å². The van der Waals surface area contributed by atoms with Gasteiger partial charge in [-0.05, 0) is 5.56 Å². The van der Waals surface area contributed by atoms with Gasteiger partial charge < -0.3 is 10.1 Å². The number of benzene rings is 1. The van der Waals surface area contributed by atoms with Crippen molar-refractivity contribution in [2.75, 3.05) is 6.61 Å². The molecule has 7 heteroatoms. The van der Waals surface area contributed by atoms with Crippen LogP contribution in [0.25, 0.3) is 0 Å². The molecule has 0 bridgehead atoms. The van der Waals surface area contributed by atoms with Crippen molar-refractivity contribution in [3.63, 3.8) is 0 Å². The van der Waals surface area contributed by atoms with E-state index in [2.05, 4.69) is 9.97 Å². The second-order valence-corrected chi connectivity index (χ2v) is 5.25. The average Bonchev–Trinajstić information content (AvgIpc) is 2.91. The van der Waals surface area contributed by atoms with Crippen LogP contribution >= 0.6 is 0 Å². The number of aliphatic hydroxyl groups excluding tert-OH is 1. The Hall–Kier alpha value is -2.22. The first kappa shape index (κ1) is 14.7. The van der Waals surface area contributed by atoms with E-state index >= 15 is 0 Å². The first-order valence-electron chi connectivity index (χ1n) is 7.07. The van der Waals surface area contributed by atoms with Gasteiger partial charge in [-0.1, -0.05) is 30.3 Å². The van der Waals surface area contributed by atoms with E-state index in [9.17, 15) is 14.7 Å². The normalized spacial score (nSPS) is 22.0. The third-order valence-electron chi connectivity index (χ3n) is 3.71.